The molecular weight excluding hydrogens is 316 g/mol. The molecule has 0 aliphatic heterocycles. The molecule has 4 nitrogen and oxygen atoms in total. The Bertz CT molecular complexity index is 598. The minimum Gasteiger partial charge on any atom is -0.383 e. The van der Waals surface area contributed by atoms with Crippen LogP contribution in [0.25, 0.3) is 0 Å². The van der Waals surface area contributed by atoms with Gasteiger partial charge in [0.2, 0.25) is 0 Å². The standard InChI is InChI=1S/C15H19BrN4/c1-10(2)13-14(17)18-9-19-15(13)20(3)8-11-6-4-5-7-12(11)16/h4-7,9-10H,8H2,1-3H3,(H2,17,18,19). The van der Waals surface area contributed by atoms with E-state index in [0.717, 1.165) is 22.4 Å². The molecule has 1 aromatic carbocycles. The number of nitrogen functional groups attached to an aromatic ring is 1. The number of nitrogens with zero attached hydrogens (tertiary/aromatic N) is 3. The van der Waals surface area contributed by atoms with Crippen molar-refractivity contribution in [3.8, 4) is 0 Å². The Balaban J connectivity index is 2.33. The molecule has 0 fully saturated rings. The van der Waals surface area contributed by atoms with Gasteiger partial charge in [0.25, 0.3) is 0 Å². The van der Waals surface area contributed by atoms with Crippen molar-refractivity contribution in [3.05, 3.63) is 46.2 Å². The highest BCUT2D eigenvalue weighted by Gasteiger charge is 2.16. The topological polar surface area (TPSA) is 55.0 Å². The van der Waals surface area contributed by atoms with Crippen molar-refractivity contribution in [2.75, 3.05) is 17.7 Å². The Kier molecular flexibility index (Phi) is 4.60. The summed E-state index contributed by atoms with van der Waals surface area (Å²) in [4.78, 5) is 10.6. The molecule has 106 valence electrons. The maximum Gasteiger partial charge on any atom is 0.137 e. The lowest BCUT2D eigenvalue weighted by Crippen LogP contribution is -2.21. The second-order valence-electron chi connectivity index (χ2n) is 5.10. The molecule has 20 heavy (non-hydrogen) atoms. The fraction of sp³-hybridized carbons (Fsp3) is 0.333. The summed E-state index contributed by atoms with van der Waals surface area (Å²) in [7, 11) is 2.02. The van der Waals surface area contributed by atoms with Crippen molar-refractivity contribution in [2.24, 2.45) is 0 Å². The van der Waals surface area contributed by atoms with Crippen LogP contribution in [-0.4, -0.2) is 17.0 Å². The summed E-state index contributed by atoms with van der Waals surface area (Å²) in [5.74, 6) is 1.74. The van der Waals surface area contributed by atoms with Gasteiger partial charge in [0.1, 0.15) is 18.0 Å². The highest BCUT2D eigenvalue weighted by atomic mass is 79.9. The fourth-order valence-corrected chi connectivity index (χ4v) is 2.62. The van der Waals surface area contributed by atoms with E-state index in [0.29, 0.717) is 5.82 Å². The first-order valence-corrected chi connectivity index (χ1v) is 7.35. The maximum atomic E-state index is 6.00. The average Bonchev–Trinajstić information content (AvgIpc) is 2.40. The van der Waals surface area contributed by atoms with E-state index < -0.39 is 0 Å². The maximum absolute atomic E-state index is 6.00. The molecule has 0 aliphatic rings. The van der Waals surface area contributed by atoms with Crippen LogP contribution in [0.4, 0.5) is 11.6 Å². The summed E-state index contributed by atoms with van der Waals surface area (Å²) in [6.07, 6.45) is 1.52. The van der Waals surface area contributed by atoms with Gasteiger partial charge in [-0.2, -0.15) is 0 Å². The van der Waals surface area contributed by atoms with Crippen LogP contribution in [-0.2, 0) is 6.54 Å². The predicted molar refractivity (Wildman–Crippen MR) is 86.8 cm³/mol. The molecule has 5 heteroatoms. The minimum absolute atomic E-state index is 0.285. The summed E-state index contributed by atoms with van der Waals surface area (Å²) in [5, 5.41) is 0. The van der Waals surface area contributed by atoms with Crippen LogP contribution < -0.4 is 10.6 Å². The lowest BCUT2D eigenvalue weighted by molar-refractivity contribution is 0.811. The molecule has 2 rings (SSSR count). The van der Waals surface area contributed by atoms with Gasteiger partial charge in [-0.25, -0.2) is 9.97 Å². The summed E-state index contributed by atoms with van der Waals surface area (Å²) in [6.45, 7) is 4.97. The summed E-state index contributed by atoms with van der Waals surface area (Å²) < 4.78 is 1.10. The lowest BCUT2D eigenvalue weighted by Gasteiger charge is -2.23. The first-order chi connectivity index (χ1) is 9.50. The molecule has 2 N–H and O–H groups in total. The van der Waals surface area contributed by atoms with Gasteiger partial charge in [0, 0.05) is 23.6 Å². The van der Waals surface area contributed by atoms with E-state index >= 15 is 0 Å². The molecule has 0 amide bonds. The molecule has 0 radical (unpaired) electrons. The van der Waals surface area contributed by atoms with E-state index in [2.05, 4.69) is 50.7 Å². The average molecular weight is 335 g/mol. The highest BCUT2D eigenvalue weighted by Crippen LogP contribution is 2.29. The van der Waals surface area contributed by atoms with E-state index in [9.17, 15) is 0 Å². The molecule has 1 aromatic heterocycles. The van der Waals surface area contributed by atoms with Crippen LogP contribution in [0.5, 0.6) is 0 Å². The quantitative estimate of drug-likeness (QED) is 0.928. The Labute approximate surface area is 128 Å². The van der Waals surface area contributed by atoms with Crippen LogP contribution in [0.2, 0.25) is 0 Å². The smallest absolute Gasteiger partial charge is 0.137 e. The Hall–Kier alpha value is -1.62. The number of rotatable bonds is 4. The van der Waals surface area contributed by atoms with E-state index in [1.807, 2.05) is 25.2 Å². The normalized spacial score (nSPS) is 10.8. The lowest BCUT2D eigenvalue weighted by atomic mass is 10.0. The zero-order valence-corrected chi connectivity index (χ0v) is 13.6. The van der Waals surface area contributed by atoms with Crippen molar-refractivity contribution < 1.29 is 0 Å². The van der Waals surface area contributed by atoms with Crippen molar-refractivity contribution in [1.82, 2.24) is 9.97 Å². The number of nitrogens with two attached hydrogens (primary N) is 1. The van der Waals surface area contributed by atoms with E-state index in [4.69, 9.17) is 5.73 Å². The molecular formula is C15H19BrN4. The molecule has 1 heterocycles. The third-order valence-corrected chi connectivity index (χ3v) is 3.97. The van der Waals surface area contributed by atoms with Crippen LogP contribution in [0.3, 0.4) is 0 Å². The molecule has 0 aliphatic carbocycles. The third-order valence-electron chi connectivity index (χ3n) is 3.20. The number of benzene rings is 1. The summed E-state index contributed by atoms with van der Waals surface area (Å²) in [5.41, 5.74) is 8.21. The van der Waals surface area contributed by atoms with Gasteiger partial charge in [0.15, 0.2) is 0 Å². The van der Waals surface area contributed by atoms with Gasteiger partial charge in [-0.1, -0.05) is 48.0 Å². The van der Waals surface area contributed by atoms with Gasteiger partial charge in [-0.05, 0) is 17.5 Å². The Morgan fingerprint density at radius 3 is 2.60 bits per heavy atom. The number of anilines is 2. The largest absolute Gasteiger partial charge is 0.383 e. The minimum atomic E-state index is 0.285. The van der Waals surface area contributed by atoms with Crippen LogP contribution in [0, 0.1) is 0 Å². The molecule has 2 aromatic rings. The second kappa shape index (κ2) is 6.22. The first-order valence-electron chi connectivity index (χ1n) is 6.55. The van der Waals surface area contributed by atoms with E-state index in [1.165, 1.54) is 11.9 Å². The summed E-state index contributed by atoms with van der Waals surface area (Å²) >= 11 is 3.58. The third kappa shape index (κ3) is 3.10. The number of halogens is 1. The summed E-state index contributed by atoms with van der Waals surface area (Å²) in [6, 6.07) is 8.18. The van der Waals surface area contributed by atoms with Crippen LogP contribution in [0.15, 0.2) is 35.1 Å². The molecule has 0 atom stereocenters. The molecule has 0 unspecified atom stereocenters. The Morgan fingerprint density at radius 1 is 1.25 bits per heavy atom. The van der Waals surface area contributed by atoms with Crippen molar-refractivity contribution in [2.45, 2.75) is 26.3 Å². The van der Waals surface area contributed by atoms with E-state index in [-0.39, 0.29) is 5.92 Å². The van der Waals surface area contributed by atoms with Gasteiger partial charge < -0.3 is 10.6 Å². The van der Waals surface area contributed by atoms with Crippen LogP contribution in [0.1, 0.15) is 30.9 Å². The van der Waals surface area contributed by atoms with Crippen molar-refractivity contribution in [1.29, 1.82) is 0 Å². The molecule has 0 spiro atoms. The van der Waals surface area contributed by atoms with E-state index in [1.54, 1.807) is 0 Å². The highest BCUT2D eigenvalue weighted by molar-refractivity contribution is 9.10. The second-order valence-corrected chi connectivity index (χ2v) is 5.95. The monoisotopic (exact) mass is 334 g/mol. The van der Waals surface area contributed by atoms with Crippen LogP contribution >= 0.6 is 15.9 Å². The Morgan fingerprint density at radius 2 is 1.95 bits per heavy atom. The molecule has 0 bridgehead atoms. The van der Waals surface area contributed by atoms with Gasteiger partial charge >= 0.3 is 0 Å². The number of aromatic nitrogens is 2. The first kappa shape index (κ1) is 14.8. The van der Waals surface area contributed by atoms with Gasteiger partial charge in [0.05, 0.1) is 0 Å². The SMILES string of the molecule is CC(C)c1c(N)ncnc1N(C)Cc1ccccc1Br. The number of hydrogen-bond acceptors (Lipinski definition) is 4. The zero-order valence-electron chi connectivity index (χ0n) is 12.0. The molecule has 0 saturated carbocycles. The van der Waals surface area contributed by atoms with Gasteiger partial charge in [-0.3, -0.25) is 0 Å². The zero-order chi connectivity index (χ0) is 14.7. The van der Waals surface area contributed by atoms with Crippen molar-refractivity contribution in [3.63, 3.8) is 0 Å². The van der Waals surface area contributed by atoms with Crippen molar-refractivity contribution >= 4 is 27.6 Å². The van der Waals surface area contributed by atoms with Gasteiger partial charge in [-0.15, -0.1) is 0 Å². The predicted octanol–water partition coefficient (Wildman–Crippen LogP) is 3.58. The molecule has 0 saturated heterocycles. The fourth-order valence-electron chi connectivity index (χ4n) is 2.21. The number of hydrogen-bond donors (Lipinski definition) is 1.